The van der Waals surface area contributed by atoms with Gasteiger partial charge in [0, 0.05) is 37.1 Å². The molecule has 0 saturated carbocycles. The Balaban J connectivity index is 1.40. The molecule has 0 aliphatic carbocycles. The molecule has 2 N–H and O–H groups in total. The van der Waals surface area contributed by atoms with Gasteiger partial charge in [0.2, 0.25) is 5.90 Å². The molecule has 1 aliphatic rings. The standard InChI is InChI=1S/C39H35FN2O4/c40-35-15-8-7-14-33(35)27-41-38(44)39(26-28-10-3-1-4-11-28)36(31-18-16-30(17-19-31)29-12-5-2-6-13-29)46-37(42-39)32-20-22-34(23-21-32)45-25-9-24-43/h1-8,10-23,36,43H,9,24-27H2,(H,41,44)/t36-,39-/m1/s1. The fourth-order valence-electron chi connectivity index (χ4n) is 5.64. The van der Waals surface area contributed by atoms with Gasteiger partial charge < -0.3 is 19.9 Å². The van der Waals surface area contributed by atoms with Crippen molar-refractivity contribution in [3.63, 3.8) is 0 Å². The van der Waals surface area contributed by atoms with Crippen molar-refractivity contribution in [3.8, 4) is 16.9 Å². The molecule has 232 valence electrons. The molecule has 0 bridgehead atoms. The minimum absolute atomic E-state index is 0.00639. The number of carbonyl (C=O) groups excluding carboxylic acids is 1. The van der Waals surface area contributed by atoms with E-state index in [9.17, 15) is 9.18 Å². The van der Waals surface area contributed by atoms with Crippen LogP contribution in [-0.2, 0) is 22.5 Å². The Morgan fingerprint density at radius 1 is 0.804 bits per heavy atom. The fraction of sp³-hybridized carbons (Fsp3) is 0.179. The molecule has 1 heterocycles. The minimum Gasteiger partial charge on any atom is -0.494 e. The average molecular weight is 615 g/mol. The van der Waals surface area contributed by atoms with Gasteiger partial charge in [-0.3, -0.25) is 4.79 Å². The van der Waals surface area contributed by atoms with Crippen LogP contribution in [0.1, 0.15) is 34.8 Å². The second-order valence-electron chi connectivity index (χ2n) is 11.2. The van der Waals surface area contributed by atoms with Crippen molar-refractivity contribution in [2.24, 2.45) is 4.99 Å². The normalized spacial score (nSPS) is 17.2. The number of nitrogens with one attached hydrogen (secondary N) is 1. The first-order chi connectivity index (χ1) is 22.6. The Kier molecular flexibility index (Phi) is 9.51. The molecule has 1 aliphatic heterocycles. The molecule has 0 aromatic heterocycles. The van der Waals surface area contributed by atoms with Gasteiger partial charge in [-0.25, -0.2) is 9.38 Å². The first-order valence-electron chi connectivity index (χ1n) is 15.4. The van der Waals surface area contributed by atoms with Crippen LogP contribution >= 0.6 is 0 Å². The van der Waals surface area contributed by atoms with Crippen LogP contribution in [0.15, 0.2) is 138 Å². The summed E-state index contributed by atoms with van der Waals surface area (Å²) < 4.78 is 26.9. The molecular formula is C39H35FN2O4. The summed E-state index contributed by atoms with van der Waals surface area (Å²) in [4.78, 5) is 19.5. The van der Waals surface area contributed by atoms with E-state index in [0.29, 0.717) is 35.8 Å². The number of carbonyl (C=O) groups is 1. The number of benzene rings is 5. The average Bonchev–Trinajstić information content (AvgIpc) is 3.49. The van der Waals surface area contributed by atoms with E-state index in [1.54, 1.807) is 18.2 Å². The SMILES string of the molecule is O=C(NCc1ccccc1F)[C@]1(Cc2ccccc2)N=C(c2ccc(OCCCO)cc2)O[C@@H]1c1ccc(-c2ccccc2)cc1. The number of amides is 1. The van der Waals surface area contributed by atoms with Gasteiger partial charge in [0.1, 0.15) is 11.6 Å². The monoisotopic (exact) mass is 614 g/mol. The van der Waals surface area contributed by atoms with E-state index in [2.05, 4.69) is 17.4 Å². The van der Waals surface area contributed by atoms with E-state index >= 15 is 0 Å². The second-order valence-corrected chi connectivity index (χ2v) is 11.2. The van der Waals surface area contributed by atoms with Gasteiger partial charge in [-0.1, -0.05) is 103 Å². The third kappa shape index (κ3) is 6.85. The summed E-state index contributed by atoms with van der Waals surface area (Å²) >= 11 is 0. The maximum Gasteiger partial charge on any atom is 0.252 e. The van der Waals surface area contributed by atoms with E-state index in [4.69, 9.17) is 19.6 Å². The fourth-order valence-corrected chi connectivity index (χ4v) is 5.64. The Labute approximate surface area is 268 Å². The van der Waals surface area contributed by atoms with E-state index in [1.165, 1.54) is 6.07 Å². The van der Waals surface area contributed by atoms with Crippen molar-refractivity contribution in [2.45, 2.75) is 31.0 Å². The molecule has 0 saturated heterocycles. The number of aliphatic hydroxyl groups excluding tert-OH is 1. The maximum absolute atomic E-state index is 14.6. The van der Waals surface area contributed by atoms with Crippen molar-refractivity contribution >= 4 is 11.8 Å². The van der Waals surface area contributed by atoms with Crippen molar-refractivity contribution in [1.29, 1.82) is 0 Å². The van der Waals surface area contributed by atoms with Gasteiger partial charge in [-0.05, 0) is 52.6 Å². The van der Waals surface area contributed by atoms with Crippen LogP contribution in [0.2, 0.25) is 0 Å². The first-order valence-corrected chi connectivity index (χ1v) is 15.4. The lowest BCUT2D eigenvalue weighted by molar-refractivity contribution is -0.129. The molecule has 0 fully saturated rings. The third-order valence-corrected chi connectivity index (χ3v) is 8.06. The predicted octanol–water partition coefficient (Wildman–Crippen LogP) is 7.07. The molecule has 6 nitrogen and oxygen atoms in total. The number of nitrogens with zero attached hydrogens (tertiary/aromatic N) is 1. The number of hydrogen-bond acceptors (Lipinski definition) is 5. The summed E-state index contributed by atoms with van der Waals surface area (Å²) in [6.07, 6.45) is 0.0221. The van der Waals surface area contributed by atoms with Crippen LogP contribution in [-0.4, -0.2) is 35.7 Å². The lowest BCUT2D eigenvalue weighted by Gasteiger charge is -2.31. The largest absolute Gasteiger partial charge is 0.494 e. The molecule has 0 unspecified atom stereocenters. The number of halogens is 1. The zero-order chi connectivity index (χ0) is 31.8. The Morgan fingerprint density at radius 2 is 1.43 bits per heavy atom. The molecule has 0 spiro atoms. The van der Waals surface area contributed by atoms with Gasteiger partial charge in [-0.2, -0.15) is 0 Å². The Bertz CT molecular complexity index is 1780. The quantitative estimate of drug-likeness (QED) is 0.147. The van der Waals surface area contributed by atoms with Crippen molar-refractivity contribution in [2.75, 3.05) is 13.2 Å². The third-order valence-electron chi connectivity index (χ3n) is 8.06. The Hall–Kier alpha value is -5.27. The lowest BCUT2D eigenvalue weighted by atomic mass is 9.81. The predicted molar refractivity (Wildman–Crippen MR) is 177 cm³/mol. The van der Waals surface area contributed by atoms with Crippen molar-refractivity contribution in [3.05, 3.63) is 162 Å². The Morgan fingerprint density at radius 3 is 2.13 bits per heavy atom. The zero-order valence-electron chi connectivity index (χ0n) is 25.3. The number of rotatable bonds is 12. The maximum atomic E-state index is 14.6. The highest BCUT2D eigenvalue weighted by atomic mass is 19.1. The summed E-state index contributed by atoms with van der Waals surface area (Å²) in [5.41, 5.74) is 3.50. The summed E-state index contributed by atoms with van der Waals surface area (Å²) in [7, 11) is 0. The topological polar surface area (TPSA) is 80.2 Å². The van der Waals surface area contributed by atoms with Crippen LogP contribution in [0, 0.1) is 5.82 Å². The van der Waals surface area contributed by atoms with Crippen LogP contribution in [0.4, 0.5) is 4.39 Å². The molecule has 7 heteroatoms. The highest BCUT2D eigenvalue weighted by molar-refractivity contribution is 6.01. The minimum atomic E-state index is -1.40. The molecule has 6 rings (SSSR count). The first kappa shape index (κ1) is 30.7. The smallest absolute Gasteiger partial charge is 0.252 e. The van der Waals surface area contributed by atoms with Crippen LogP contribution in [0.25, 0.3) is 11.1 Å². The molecule has 1 amide bonds. The summed E-state index contributed by atoms with van der Waals surface area (Å²) in [5.74, 6) is 0.231. The zero-order valence-corrected chi connectivity index (χ0v) is 25.3. The number of hydrogen-bond donors (Lipinski definition) is 2. The van der Waals surface area contributed by atoms with E-state index in [-0.39, 0.29) is 31.3 Å². The highest BCUT2D eigenvalue weighted by Crippen LogP contribution is 2.43. The second kappa shape index (κ2) is 14.2. The van der Waals surface area contributed by atoms with Gasteiger partial charge in [0.15, 0.2) is 11.6 Å². The highest BCUT2D eigenvalue weighted by Gasteiger charge is 2.53. The number of aliphatic imine (C=N–C) groups is 1. The van der Waals surface area contributed by atoms with Gasteiger partial charge in [0.25, 0.3) is 5.91 Å². The van der Waals surface area contributed by atoms with Gasteiger partial charge in [0.05, 0.1) is 6.61 Å². The van der Waals surface area contributed by atoms with Crippen LogP contribution in [0.5, 0.6) is 5.75 Å². The van der Waals surface area contributed by atoms with Gasteiger partial charge >= 0.3 is 0 Å². The summed E-state index contributed by atoms with van der Waals surface area (Å²) in [6.45, 7) is 0.460. The van der Waals surface area contributed by atoms with Gasteiger partial charge in [-0.15, -0.1) is 0 Å². The van der Waals surface area contributed by atoms with E-state index in [0.717, 1.165) is 22.3 Å². The van der Waals surface area contributed by atoms with Crippen LogP contribution < -0.4 is 10.1 Å². The lowest BCUT2D eigenvalue weighted by Crippen LogP contribution is -2.49. The molecule has 46 heavy (non-hydrogen) atoms. The number of ether oxygens (including phenoxy) is 2. The molecule has 0 radical (unpaired) electrons. The van der Waals surface area contributed by atoms with Crippen molar-refractivity contribution < 1.29 is 23.8 Å². The molecule has 5 aromatic rings. The summed E-state index contributed by atoms with van der Waals surface area (Å²) in [6, 6.07) is 41.5. The van der Waals surface area contributed by atoms with Crippen molar-refractivity contribution in [1.82, 2.24) is 5.32 Å². The van der Waals surface area contributed by atoms with E-state index in [1.807, 2.05) is 97.1 Å². The van der Waals surface area contributed by atoms with Crippen LogP contribution in [0.3, 0.4) is 0 Å². The molecule has 5 aromatic carbocycles. The summed E-state index contributed by atoms with van der Waals surface area (Å²) in [5, 5.41) is 12.1. The molecular weight excluding hydrogens is 579 g/mol. The molecule has 2 atom stereocenters. The van der Waals surface area contributed by atoms with E-state index < -0.39 is 11.6 Å². The number of aliphatic hydroxyl groups is 1.